The van der Waals surface area contributed by atoms with E-state index >= 15 is 0 Å². The van der Waals surface area contributed by atoms with Crippen molar-refractivity contribution in [2.75, 3.05) is 11.0 Å². The second-order valence-corrected chi connectivity index (χ2v) is 4.35. The fourth-order valence-corrected chi connectivity index (χ4v) is 1.44. The highest BCUT2D eigenvalue weighted by atomic mass is 32.2. The van der Waals surface area contributed by atoms with E-state index in [2.05, 4.69) is 10.6 Å². The van der Waals surface area contributed by atoms with E-state index in [-0.39, 0.29) is 0 Å². The first-order valence-corrected chi connectivity index (χ1v) is 5.45. The van der Waals surface area contributed by atoms with Gasteiger partial charge in [0, 0.05) is 11.3 Å². The summed E-state index contributed by atoms with van der Waals surface area (Å²) in [5, 5.41) is 0. The molecule has 1 rings (SSSR count). The molecule has 1 aromatic carbocycles. The lowest BCUT2D eigenvalue weighted by Gasteiger charge is -2.02. The summed E-state index contributed by atoms with van der Waals surface area (Å²) in [5.74, 6) is 2.42. The van der Waals surface area contributed by atoms with Gasteiger partial charge in [-0.25, -0.2) is 8.42 Å². The summed E-state index contributed by atoms with van der Waals surface area (Å²) in [5.41, 5.74) is 1.13. The van der Waals surface area contributed by atoms with Crippen molar-refractivity contribution in [3.63, 3.8) is 0 Å². The van der Waals surface area contributed by atoms with E-state index in [9.17, 15) is 8.42 Å². The van der Waals surface area contributed by atoms with Crippen molar-refractivity contribution in [1.29, 1.82) is 0 Å². The molecule has 0 unspecified atom stereocenters. The number of benzene rings is 1. The number of terminal acetylenes is 1. The molecule has 0 aliphatic carbocycles. The van der Waals surface area contributed by atoms with Gasteiger partial charge in [0.25, 0.3) is 0 Å². The standard InChI is InChI=1S/C9H9NO2S/c1-3-8-5-4-6-9(7-8)10-13(2,11)12/h1,4-7,10H,2H3. The number of rotatable bonds is 2. The van der Waals surface area contributed by atoms with Crippen molar-refractivity contribution in [3.8, 4) is 12.3 Å². The highest BCUT2D eigenvalue weighted by Crippen LogP contribution is 2.10. The molecule has 13 heavy (non-hydrogen) atoms. The van der Waals surface area contributed by atoms with Gasteiger partial charge in [-0.15, -0.1) is 6.42 Å². The Morgan fingerprint density at radius 3 is 2.69 bits per heavy atom. The van der Waals surface area contributed by atoms with Crippen LogP contribution in [0.15, 0.2) is 24.3 Å². The molecule has 0 aliphatic rings. The number of hydrogen-bond acceptors (Lipinski definition) is 2. The van der Waals surface area contributed by atoms with Gasteiger partial charge in [0.05, 0.1) is 6.26 Å². The van der Waals surface area contributed by atoms with Gasteiger partial charge in [-0.2, -0.15) is 0 Å². The number of nitrogens with one attached hydrogen (secondary N) is 1. The van der Waals surface area contributed by atoms with E-state index in [1.54, 1.807) is 24.3 Å². The largest absolute Gasteiger partial charge is 0.284 e. The number of sulfonamides is 1. The van der Waals surface area contributed by atoms with Gasteiger partial charge < -0.3 is 0 Å². The van der Waals surface area contributed by atoms with Crippen LogP contribution in [0.1, 0.15) is 5.56 Å². The fourth-order valence-electron chi connectivity index (χ4n) is 0.887. The Hall–Kier alpha value is -1.47. The summed E-state index contributed by atoms with van der Waals surface area (Å²) in [4.78, 5) is 0. The third-order valence-corrected chi connectivity index (χ3v) is 1.94. The Labute approximate surface area is 77.8 Å². The SMILES string of the molecule is C#Cc1cccc(NS(C)(=O)=O)c1. The van der Waals surface area contributed by atoms with Crippen LogP contribution in [0.2, 0.25) is 0 Å². The van der Waals surface area contributed by atoms with Gasteiger partial charge in [0.2, 0.25) is 10.0 Å². The molecule has 0 saturated heterocycles. The minimum absolute atomic E-state index is 0.484. The summed E-state index contributed by atoms with van der Waals surface area (Å²) in [6.45, 7) is 0. The second-order valence-electron chi connectivity index (χ2n) is 2.60. The normalized spacial score (nSPS) is 10.5. The Balaban J connectivity index is 2.99. The van der Waals surface area contributed by atoms with Crippen molar-refractivity contribution in [2.45, 2.75) is 0 Å². The van der Waals surface area contributed by atoms with Crippen LogP contribution in [0, 0.1) is 12.3 Å². The zero-order valence-electron chi connectivity index (χ0n) is 7.11. The maximum atomic E-state index is 10.8. The lowest BCUT2D eigenvalue weighted by atomic mass is 10.2. The fraction of sp³-hybridized carbons (Fsp3) is 0.111. The predicted octanol–water partition coefficient (Wildman–Crippen LogP) is 1.04. The zero-order chi connectivity index (χ0) is 9.90. The lowest BCUT2D eigenvalue weighted by molar-refractivity contribution is 0.607. The van der Waals surface area contributed by atoms with Gasteiger partial charge in [0.15, 0.2) is 0 Å². The van der Waals surface area contributed by atoms with Gasteiger partial charge >= 0.3 is 0 Å². The Bertz CT molecular complexity index is 443. The minimum atomic E-state index is -3.22. The molecule has 0 amide bonds. The summed E-state index contributed by atoms with van der Waals surface area (Å²) in [7, 11) is -3.22. The van der Waals surface area contributed by atoms with Gasteiger partial charge in [-0.1, -0.05) is 12.0 Å². The molecule has 0 radical (unpaired) electrons. The molecular weight excluding hydrogens is 186 g/mol. The minimum Gasteiger partial charge on any atom is -0.284 e. The lowest BCUT2D eigenvalue weighted by Crippen LogP contribution is -2.09. The zero-order valence-corrected chi connectivity index (χ0v) is 7.93. The molecule has 0 spiro atoms. The van der Waals surface area contributed by atoms with Crippen LogP contribution in [0.5, 0.6) is 0 Å². The van der Waals surface area contributed by atoms with Crippen molar-refractivity contribution in [3.05, 3.63) is 29.8 Å². The van der Waals surface area contributed by atoms with Crippen LogP contribution in [-0.2, 0) is 10.0 Å². The second kappa shape index (κ2) is 3.50. The molecule has 0 aromatic heterocycles. The van der Waals surface area contributed by atoms with Crippen LogP contribution < -0.4 is 4.72 Å². The highest BCUT2D eigenvalue weighted by Gasteiger charge is 2.00. The summed E-state index contributed by atoms with van der Waals surface area (Å²) < 4.78 is 24.0. The molecule has 0 aliphatic heterocycles. The highest BCUT2D eigenvalue weighted by molar-refractivity contribution is 7.92. The van der Waals surface area contributed by atoms with Crippen LogP contribution in [-0.4, -0.2) is 14.7 Å². The Morgan fingerprint density at radius 2 is 2.15 bits per heavy atom. The maximum Gasteiger partial charge on any atom is 0.229 e. The predicted molar refractivity (Wildman–Crippen MR) is 52.8 cm³/mol. The topological polar surface area (TPSA) is 46.2 Å². The van der Waals surface area contributed by atoms with Crippen LogP contribution in [0.25, 0.3) is 0 Å². The summed E-state index contributed by atoms with van der Waals surface area (Å²) >= 11 is 0. The third kappa shape index (κ3) is 3.18. The van der Waals surface area contributed by atoms with Crippen LogP contribution >= 0.6 is 0 Å². The Morgan fingerprint density at radius 1 is 1.46 bits per heavy atom. The number of hydrogen-bond donors (Lipinski definition) is 1. The van der Waals surface area contributed by atoms with Crippen molar-refractivity contribution in [2.24, 2.45) is 0 Å². The molecular formula is C9H9NO2S. The average molecular weight is 195 g/mol. The first kappa shape index (κ1) is 9.62. The molecule has 1 aromatic rings. The average Bonchev–Trinajstić information content (AvgIpc) is 2.01. The van der Waals surface area contributed by atoms with Crippen molar-refractivity contribution < 1.29 is 8.42 Å². The molecule has 0 atom stereocenters. The molecule has 1 N–H and O–H groups in total. The maximum absolute atomic E-state index is 10.8. The molecule has 0 fully saturated rings. The molecule has 4 heteroatoms. The van der Waals surface area contributed by atoms with E-state index in [1.807, 2.05) is 0 Å². The number of anilines is 1. The molecule has 0 saturated carbocycles. The first-order valence-electron chi connectivity index (χ1n) is 3.56. The van der Waals surface area contributed by atoms with Crippen molar-refractivity contribution >= 4 is 15.7 Å². The molecule has 68 valence electrons. The van der Waals surface area contributed by atoms with E-state index in [0.717, 1.165) is 6.26 Å². The third-order valence-electron chi connectivity index (χ3n) is 1.33. The molecule has 0 bridgehead atoms. The summed E-state index contributed by atoms with van der Waals surface area (Å²) in [6, 6.07) is 6.67. The molecule has 0 heterocycles. The monoisotopic (exact) mass is 195 g/mol. The van der Waals surface area contributed by atoms with Crippen molar-refractivity contribution in [1.82, 2.24) is 0 Å². The van der Waals surface area contributed by atoms with Crippen LogP contribution in [0.3, 0.4) is 0 Å². The van der Waals surface area contributed by atoms with E-state index in [0.29, 0.717) is 11.3 Å². The Kier molecular flexibility index (Phi) is 2.59. The van der Waals surface area contributed by atoms with E-state index in [4.69, 9.17) is 6.42 Å². The van der Waals surface area contributed by atoms with E-state index in [1.165, 1.54) is 0 Å². The van der Waals surface area contributed by atoms with Crippen LogP contribution in [0.4, 0.5) is 5.69 Å². The summed E-state index contributed by atoms with van der Waals surface area (Å²) in [6.07, 6.45) is 6.25. The van der Waals surface area contributed by atoms with E-state index < -0.39 is 10.0 Å². The van der Waals surface area contributed by atoms with Gasteiger partial charge in [-0.3, -0.25) is 4.72 Å². The van der Waals surface area contributed by atoms with Gasteiger partial charge in [0.1, 0.15) is 0 Å². The van der Waals surface area contributed by atoms with Gasteiger partial charge in [-0.05, 0) is 18.2 Å². The molecule has 3 nitrogen and oxygen atoms in total. The quantitative estimate of drug-likeness (QED) is 0.717. The first-order chi connectivity index (χ1) is 6.01. The smallest absolute Gasteiger partial charge is 0.229 e.